The van der Waals surface area contributed by atoms with Gasteiger partial charge in [-0.1, -0.05) is 54.6 Å². The number of carbonyl (C=O) groups is 3. The summed E-state index contributed by atoms with van der Waals surface area (Å²) in [6.07, 6.45) is 9.71. The summed E-state index contributed by atoms with van der Waals surface area (Å²) in [5.41, 5.74) is 4.92. The van der Waals surface area contributed by atoms with E-state index in [0.29, 0.717) is 55.9 Å². The van der Waals surface area contributed by atoms with Crippen molar-refractivity contribution in [3.05, 3.63) is 102 Å². The Morgan fingerprint density at radius 2 is 1.51 bits per heavy atom. The molecular formula is C46H55N7O4. The summed E-state index contributed by atoms with van der Waals surface area (Å²) in [7, 11) is 2.03. The molecule has 8 rings (SSSR count). The maximum absolute atomic E-state index is 14.7. The van der Waals surface area contributed by atoms with Gasteiger partial charge in [0.15, 0.2) is 0 Å². The fourth-order valence-electron chi connectivity index (χ4n) is 9.69. The van der Waals surface area contributed by atoms with Crippen LogP contribution in [0.1, 0.15) is 74.8 Å². The number of hydrogen-bond donors (Lipinski definition) is 2. The minimum atomic E-state index is -0.588. The van der Waals surface area contributed by atoms with E-state index in [-0.39, 0.29) is 35.4 Å². The number of imide groups is 1. The van der Waals surface area contributed by atoms with Crippen LogP contribution in [0.15, 0.2) is 91.1 Å². The number of anilines is 2. The van der Waals surface area contributed by atoms with Crippen LogP contribution in [-0.2, 0) is 19.8 Å². The minimum Gasteiger partial charge on any atom is -0.507 e. The van der Waals surface area contributed by atoms with Crippen molar-refractivity contribution in [3.63, 3.8) is 0 Å². The molecule has 4 aliphatic rings. The number of amides is 3. The maximum Gasteiger partial charge on any atom is 0.234 e. The van der Waals surface area contributed by atoms with E-state index in [1.165, 1.54) is 24.9 Å². The van der Waals surface area contributed by atoms with E-state index < -0.39 is 5.41 Å². The fraction of sp³-hybridized carbons (Fsp3) is 0.457. The average Bonchev–Trinajstić information content (AvgIpc) is 3.26. The molecule has 1 aromatic heterocycles. The van der Waals surface area contributed by atoms with Crippen molar-refractivity contribution in [2.75, 3.05) is 62.7 Å². The number of phenols is 1. The molecule has 57 heavy (non-hydrogen) atoms. The van der Waals surface area contributed by atoms with Gasteiger partial charge < -0.3 is 24.7 Å². The van der Waals surface area contributed by atoms with Crippen molar-refractivity contribution < 1.29 is 19.5 Å². The number of aromatic hydroxyl groups is 1. The van der Waals surface area contributed by atoms with Crippen molar-refractivity contribution >= 4 is 29.1 Å². The Morgan fingerprint density at radius 3 is 2.21 bits per heavy atom. The monoisotopic (exact) mass is 769 g/mol. The second-order valence-corrected chi connectivity index (χ2v) is 16.6. The first-order valence-corrected chi connectivity index (χ1v) is 20.9. The number of nitrogens with one attached hydrogen (secondary N) is 1. The van der Waals surface area contributed by atoms with Gasteiger partial charge in [-0.3, -0.25) is 19.7 Å². The number of piperidine rings is 4. The molecule has 2 N–H and O–H groups in total. The second kappa shape index (κ2) is 17.1. The molecule has 4 fully saturated rings. The lowest BCUT2D eigenvalue weighted by Gasteiger charge is -2.46. The fourth-order valence-corrected chi connectivity index (χ4v) is 9.69. The summed E-state index contributed by atoms with van der Waals surface area (Å²) in [6.45, 7) is 6.65. The van der Waals surface area contributed by atoms with E-state index in [1.54, 1.807) is 18.3 Å². The number of hydrogen-bond acceptors (Lipinski definition) is 9. The minimum absolute atomic E-state index is 0.177. The van der Waals surface area contributed by atoms with Gasteiger partial charge in [0, 0.05) is 70.0 Å². The molecule has 0 spiro atoms. The molecule has 1 atom stereocenters. The van der Waals surface area contributed by atoms with Gasteiger partial charge in [-0.25, -0.2) is 0 Å². The summed E-state index contributed by atoms with van der Waals surface area (Å²) >= 11 is 0. The molecule has 11 heteroatoms. The molecule has 4 saturated heterocycles. The highest BCUT2D eigenvalue weighted by atomic mass is 16.3. The molecule has 0 saturated carbocycles. The molecule has 0 bridgehead atoms. The Labute approximate surface area is 336 Å². The summed E-state index contributed by atoms with van der Waals surface area (Å²) in [5.74, 6) is 0.513. The van der Waals surface area contributed by atoms with Crippen LogP contribution >= 0.6 is 0 Å². The lowest BCUT2D eigenvalue weighted by atomic mass is 9.71. The van der Waals surface area contributed by atoms with Gasteiger partial charge >= 0.3 is 0 Å². The SMILES string of the molecule is CN(C(=O)C1(c2ccccc2)CCN(c2cnnc(-c3ccccc3O)c2)CC1)C1CCN(CCC2CCN(c3ccc([C@H]4CCC(=O)NC4=O)cc3)CC2)CC1. The predicted molar refractivity (Wildman–Crippen MR) is 222 cm³/mol. The van der Waals surface area contributed by atoms with E-state index in [0.717, 1.165) is 62.4 Å². The van der Waals surface area contributed by atoms with Gasteiger partial charge in [-0.05, 0) is 105 Å². The van der Waals surface area contributed by atoms with E-state index in [9.17, 15) is 19.5 Å². The van der Waals surface area contributed by atoms with E-state index >= 15 is 0 Å². The molecule has 4 aliphatic heterocycles. The number of rotatable bonds is 10. The molecule has 4 aromatic rings. The van der Waals surface area contributed by atoms with Gasteiger partial charge in [0.05, 0.1) is 28.9 Å². The smallest absolute Gasteiger partial charge is 0.234 e. The Morgan fingerprint density at radius 1 is 0.825 bits per heavy atom. The van der Waals surface area contributed by atoms with Crippen LogP contribution in [0.25, 0.3) is 11.3 Å². The molecule has 0 radical (unpaired) electrons. The molecule has 0 aliphatic carbocycles. The van der Waals surface area contributed by atoms with Crippen molar-refractivity contribution in [1.82, 2.24) is 25.3 Å². The van der Waals surface area contributed by atoms with Crippen LogP contribution < -0.4 is 15.1 Å². The molecule has 0 unspecified atom stereocenters. The van der Waals surface area contributed by atoms with Crippen LogP contribution in [0.4, 0.5) is 11.4 Å². The average molecular weight is 770 g/mol. The summed E-state index contributed by atoms with van der Waals surface area (Å²) in [5, 5.41) is 21.5. The van der Waals surface area contributed by atoms with Crippen LogP contribution in [0.2, 0.25) is 0 Å². The number of likely N-dealkylation sites (N-methyl/N-ethyl adjacent to an activating group) is 1. The Bertz CT molecular complexity index is 2020. The third-order valence-electron chi connectivity index (χ3n) is 13.3. The Balaban J connectivity index is 0.818. The quantitative estimate of drug-likeness (QED) is 0.183. The third kappa shape index (κ3) is 8.40. The Hall–Kier alpha value is -5.29. The number of aromatic nitrogens is 2. The van der Waals surface area contributed by atoms with Gasteiger partial charge in [0.25, 0.3) is 0 Å². The van der Waals surface area contributed by atoms with Crippen molar-refractivity contribution in [1.29, 1.82) is 0 Å². The topological polar surface area (TPSA) is 122 Å². The first-order valence-electron chi connectivity index (χ1n) is 20.9. The number of phenolic OH excluding ortho intramolecular Hbond substituents is 1. The highest BCUT2D eigenvalue weighted by Crippen LogP contribution is 2.40. The van der Waals surface area contributed by atoms with Crippen LogP contribution in [-0.4, -0.2) is 102 Å². The van der Waals surface area contributed by atoms with E-state index in [4.69, 9.17) is 0 Å². The zero-order valence-electron chi connectivity index (χ0n) is 33.1. The zero-order valence-corrected chi connectivity index (χ0v) is 33.1. The van der Waals surface area contributed by atoms with Gasteiger partial charge in [-0.2, -0.15) is 10.2 Å². The molecule has 298 valence electrons. The normalized spacial score (nSPS) is 21.0. The predicted octanol–water partition coefficient (Wildman–Crippen LogP) is 6.14. The maximum atomic E-state index is 14.7. The lowest BCUT2D eigenvalue weighted by molar-refractivity contribution is -0.140. The number of likely N-dealkylation sites (tertiary alicyclic amines) is 1. The van der Waals surface area contributed by atoms with Crippen molar-refractivity contribution in [2.24, 2.45) is 5.92 Å². The number of para-hydroxylation sites is 1. The number of benzene rings is 3. The lowest BCUT2D eigenvalue weighted by Crippen LogP contribution is -2.56. The highest BCUT2D eigenvalue weighted by Gasteiger charge is 2.46. The second-order valence-electron chi connectivity index (χ2n) is 16.6. The van der Waals surface area contributed by atoms with Crippen molar-refractivity contribution in [3.8, 4) is 17.0 Å². The molecule has 3 amide bonds. The van der Waals surface area contributed by atoms with Crippen LogP contribution in [0.3, 0.4) is 0 Å². The van der Waals surface area contributed by atoms with Crippen molar-refractivity contribution in [2.45, 2.75) is 75.2 Å². The van der Waals surface area contributed by atoms with Gasteiger partial charge in [0.1, 0.15) is 5.75 Å². The summed E-state index contributed by atoms with van der Waals surface area (Å²) in [4.78, 5) is 48.0. The highest BCUT2D eigenvalue weighted by molar-refractivity contribution is 6.01. The summed E-state index contributed by atoms with van der Waals surface area (Å²) < 4.78 is 0. The number of carbonyl (C=O) groups excluding carboxylic acids is 3. The van der Waals surface area contributed by atoms with E-state index in [1.807, 2.05) is 43.4 Å². The molecule has 11 nitrogen and oxygen atoms in total. The van der Waals surface area contributed by atoms with Crippen LogP contribution in [0.5, 0.6) is 5.75 Å². The van der Waals surface area contributed by atoms with E-state index in [2.05, 4.69) is 71.5 Å². The first kappa shape index (κ1) is 38.6. The summed E-state index contributed by atoms with van der Waals surface area (Å²) in [6, 6.07) is 28.1. The van der Waals surface area contributed by atoms with Gasteiger partial charge in [0.2, 0.25) is 17.7 Å². The largest absolute Gasteiger partial charge is 0.507 e. The standard InChI is InChI=1S/C46H55N7O4/c1-50(45(57)46(35-7-3-2-4-8-35)22-29-53(30-23-46)38-31-41(49-47-32-38)40-9-5-6-10-42(40)54)36-20-25-51(26-21-36)24-17-33-18-27-52(28-19-33)37-13-11-34(12-14-37)39-15-16-43(55)48-44(39)56/h2-14,31-33,36,39,54H,15-30H2,1H3,(H,48,55,56)/t39-/m1/s1. The first-order chi connectivity index (χ1) is 27.8. The molecule has 3 aromatic carbocycles. The Kier molecular flexibility index (Phi) is 11.5. The number of nitrogens with zero attached hydrogens (tertiary/aromatic N) is 6. The van der Waals surface area contributed by atoms with Gasteiger partial charge in [-0.15, -0.1) is 0 Å². The molecular weight excluding hydrogens is 715 g/mol. The third-order valence-corrected chi connectivity index (χ3v) is 13.3. The van der Waals surface area contributed by atoms with Crippen LogP contribution in [0, 0.1) is 5.92 Å². The molecule has 5 heterocycles. The zero-order chi connectivity index (χ0) is 39.4.